The van der Waals surface area contributed by atoms with Crippen molar-refractivity contribution in [1.29, 1.82) is 0 Å². The first-order valence-corrected chi connectivity index (χ1v) is 7.18. The van der Waals surface area contributed by atoms with Crippen LogP contribution >= 0.6 is 11.3 Å². The number of rotatable bonds is 5. The zero-order chi connectivity index (χ0) is 14.7. The Morgan fingerprint density at radius 3 is 2.45 bits per heavy atom. The van der Waals surface area contributed by atoms with Crippen molar-refractivity contribution < 1.29 is 13.5 Å². The van der Waals surface area contributed by atoms with E-state index in [0.29, 0.717) is 22.3 Å². The number of anilines is 1. The maximum atomic E-state index is 13.9. The van der Waals surface area contributed by atoms with E-state index in [2.05, 4.69) is 4.98 Å². The van der Waals surface area contributed by atoms with Crippen molar-refractivity contribution in [2.24, 2.45) is 5.92 Å². The summed E-state index contributed by atoms with van der Waals surface area (Å²) in [4.78, 5) is 4.00. The molecule has 0 aliphatic heterocycles. The van der Waals surface area contributed by atoms with Crippen LogP contribution in [0, 0.1) is 17.6 Å². The Bertz CT molecular complexity index is 576. The van der Waals surface area contributed by atoms with Crippen LogP contribution in [0.15, 0.2) is 17.5 Å². The number of hydrogen-bond acceptors (Lipinski definition) is 4. The van der Waals surface area contributed by atoms with E-state index in [-0.39, 0.29) is 12.4 Å². The lowest BCUT2D eigenvalue weighted by Crippen LogP contribution is -2.04. The maximum Gasteiger partial charge on any atom is 0.190 e. The molecule has 2 aromatic rings. The molecule has 2 N–H and O–H groups in total. The molecule has 0 bridgehead atoms. The predicted octanol–water partition coefficient (Wildman–Crippen LogP) is 4.10. The normalized spacial score (nSPS) is 11.1. The lowest BCUT2D eigenvalue weighted by molar-refractivity contribution is 0.263. The lowest BCUT2D eigenvalue weighted by Gasteiger charge is -2.10. The highest BCUT2D eigenvalue weighted by atomic mass is 32.1. The molecule has 1 heterocycles. The number of benzene rings is 1. The largest absolute Gasteiger partial charge is 0.488 e. The molecule has 2 rings (SSSR count). The Hall–Kier alpha value is -1.69. The first kappa shape index (κ1) is 14.7. The number of thiazole rings is 1. The molecule has 0 unspecified atom stereocenters. The number of nitrogen functional groups attached to an aromatic ring is 1. The highest BCUT2D eigenvalue weighted by Crippen LogP contribution is 2.30. The SMILES string of the molecule is CC(C)CCOc1c(F)cc(-c2csc(N)n2)cc1F. The monoisotopic (exact) mass is 298 g/mol. The average Bonchev–Trinajstić information content (AvgIpc) is 2.79. The second-order valence-corrected chi connectivity index (χ2v) is 5.76. The van der Waals surface area contributed by atoms with Crippen molar-refractivity contribution in [2.75, 3.05) is 12.3 Å². The summed E-state index contributed by atoms with van der Waals surface area (Å²) in [5.74, 6) is -1.37. The van der Waals surface area contributed by atoms with Crippen molar-refractivity contribution in [2.45, 2.75) is 20.3 Å². The van der Waals surface area contributed by atoms with Gasteiger partial charge in [0, 0.05) is 10.9 Å². The van der Waals surface area contributed by atoms with E-state index in [9.17, 15) is 8.78 Å². The summed E-state index contributed by atoms with van der Waals surface area (Å²) in [5, 5.41) is 2.01. The third kappa shape index (κ3) is 3.45. The van der Waals surface area contributed by atoms with E-state index in [0.717, 1.165) is 6.42 Å². The molecule has 20 heavy (non-hydrogen) atoms. The van der Waals surface area contributed by atoms with E-state index >= 15 is 0 Å². The van der Waals surface area contributed by atoms with Crippen LogP contribution in [0.2, 0.25) is 0 Å². The fourth-order valence-electron chi connectivity index (χ4n) is 1.66. The summed E-state index contributed by atoms with van der Waals surface area (Å²) in [7, 11) is 0. The maximum absolute atomic E-state index is 13.9. The molecule has 0 aliphatic carbocycles. The van der Waals surface area contributed by atoms with Gasteiger partial charge in [-0.25, -0.2) is 13.8 Å². The molecular formula is C14H16F2N2OS. The van der Waals surface area contributed by atoms with Gasteiger partial charge in [0.15, 0.2) is 22.5 Å². The molecule has 0 saturated carbocycles. The third-order valence-electron chi connectivity index (χ3n) is 2.76. The zero-order valence-corrected chi connectivity index (χ0v) is 12.1. The number of ether oxygens (including phenoxy) is 1. The van der Waals surface area contributed by atoms with Gasteiger partial charge in [0.2, 0.25) is 0 Å². The van der Waals surface area contributed by atoms with Gasteiger partial charge >= 0.3 is 0 Å². The van der Waals surface area contributed by atoms with Gasteiger partial charge in [0.1, 0.15) is 0 Å². The molecule has 0 aliphatic rings. The van der Waals surface area contributed by atoms with Gasteiger partial charge in [0.25, 0.3) is 0 Å². The first-order valence-electron chi connectivity index (χ1n) is 6.30. The fraction of sp³-hybridized carbons (Fsp3) is 0.357. The van der Waals surface area contributed by atoms with Gasteiger partial charge in [-0.1, -0.05) is 13.8 Å². The van der Waals surface area contributed by atoms with Crippen LogP contribution in [0.4, 0.5) is 13.9 Å². The van der Waals surface area contributed by atoms with E-state index in [4.69, 9.17) is 10.5 Å². The second kappa shape index (κ2) is 6.17. The summed E-state index contributed by atoms with van der Waals surface area (Å²) in [5.41, 5.74) is 6.32. The van der Waals surface area contributed by atoms with Crippen LogP contribution in [0.3, 0.4) is 0 Å². The standard InChI is InChI=1S/C14H16F2N2OS/c1-8(2)3-4-19-13-10(15)5-9(6-11(13)16)12-7-20-14(17)18-12/h5-8H,3-4H2,1-2H3,(H2,17,18). The van der Waals surface area contributed by atoms with Crippen LogP contribution in [-0.2, 0) is 0 Å². The second-order valence-electron chi connectivity index (χ2n) is 4.87. The fourth-order valence-corrected chi connectivity index (χ4v) is 2.23. The predicted molar refractivity (Wildman–Crippen MR) is 76.8 cm³/mol. The van der Waals surface area contributed by atoms with Crippen molar-refractivity contribution in [1.82, 2.24) is 4.98 Å². The van der Waals surface area contributed by atoms with Gasteiger partial charge in [-0.05, 0) is 24.5 Å². The Morgan fingerprint density at radius 1 is 1.30 bits per heavy atom. The van der Waals surface area contributed by atoms with E-state index in [1.807, 2.05) is 13.8 Å². The smallest absolute Gasteiger partial charge is 0.190 e. The zero-order valence-electron chi connectivity index (χ0n) is 11.3. The molecule has 1 aromatic heterocycles. The van der Waals surface area contributed by atoms with Gasteiger partial charge < -0.3 is 10.5 Å². The summed E-state index contributed by atoms with van der Waals surface area (Å²) in [6, 6.07) is 2.42. The molecule has 0 saturated heterocycles. The minimum Gasteiger partial charge on any atom is -0.488 e. The number of hydrogen-bond donors (Lipinski definition) is 1. The van der Waals surface area contributed by atoms with Crippen molar-refractivity contribution in [3.63, 3.8) is 0 Å². The van der Waals surface area contributed by atoms with Gasteiger partial charge in [-0.3, -0.25) is 0 Å². The molecule has 108 valence electrons. The molecule has 1 aromatic carbocycles. The number of aromatic nitrogens is 1. The molecular weight excluding hydrogens is 282 g/mol. The number of nitrogens with two attached hydrogens (primary N) is 1. The van der Waals surface area contributed by atoms with Crippen LogP contribution in [0.1, 0.15) is 20.3 Å². The Labute approximate surface area is 120 Å². The van der Waals surface area contributed by atoms with Crippen LogP contribution in [0.5, 0.6) is 5.75 Å². The van der Waals surface area contributed by atoms with Crippen LogP contribution in [-0.4, -0.2) is 11.6 Å². The molecule has 0 fully saturated rings. The van der Waals surface area contributed by atoms with Gasteiger partial charge in [-0.15, -0.1) is 11.3 Å². The first-order chi connectivity index (χ1) is 9.47. The number of nitrogens with zero attached hydrogens (tertiary/aromatic N) is 1. The lowest BCUT2D eigenvalue weighted by atomic mass is 10.1. The van der Waals surface area contributed by atoms with Crippen molar-refractivity contribution in [3.05, 3.63) is 29.1 Å². The molecule has 0 atom stereocenters. The van der Waals surface area contributed by atoms with Crippen LogP contribution < -0.4 is 10.5 Å². The molecule has 6 heteroatoms. The molecule has 0 amide bonds. The Morgan fingerprint density at radius 2 is 1.95 bits per heavy atom. The Balaban J connectivity index is 2.20. The third-order valence-corrected chi connectivity index (χ3v) is 3.43. The summed E-state index contributed by atoms with van der Waals surface area (Å²) < 4.78 is 33.0. The number of halogens is 2. The van der Waals surface area contributed by atoms with E-state index in [1.54, 1.807) is 5.38 Å². The van der Waals surface area contributed by atoms with Crippen molar-refractivity contribution >= 4 is 16.5 Å². The van der Waals surface area contributed by atoms with Crippen molar-refractivity contribution in [3.8, 4) is 17.0 Å². The average molecular weight is 298 g/mol. The molecule has 3 nitrogen and oxygen atoms in total. The minimum atomic E-state index is -0.727. The molecule has 0 spiro atoms. The van der Waals surface area contributed by atoms with Gasteiger partial charge in [0.05, 0.1) is 12.3 Å². The molecule has 0 radical (unpaired) electrons. The quantitative estimate of drug-likeness (QED) is 0.904. The van der Waals surface area contributed by atoms with Gasteiger partial charge in [-0.2, -0.15) is 0 Å². The summed E-state index contributed by atoms with van der Waals surface area (Å²) in [6.45, 7) is 4.33. The minimum absolute atomic E-state index is 0.286. The highest BCUT2D eigenvalue weighted by molar-refractivity contribution is 7.13. The van der Waals surface area contributed by atoms with E-state index < -0.39 is 11.6 Å². The summed E-state index contributed by atoms with van der Waals surface area (Å²) in [6.07, 6.45) is 0.739. The topological polar surface area (TPSA) is 48.1 Å². The van der Waals surface area contributed by atoms with Crippen LogP contribution in [0.25, 0.3) is 11.3 Å². The Kier molecular flexibility index (Phi) is 4.54. The van der Waals surface area contributed by atoms with E-state index in [1.165, 1.54) is 23.5 Å². The highest BCUT2D eigenvalue weighted by Gasteiger charge is 2.15. The summed E-state index contributed by atoms with van der Waals surface area (Å²) >= 11 is 1.22.